The van der Waals surface area contributed by atoms with Gasteiger partial charge in [0.2, 0.25) is 0 Å². The Labute approximate surface area is 112 Å². The molecule has 1 aliphatic heterocycles. The molecule has 2 rings (SSSR count). The summed E-state index contributed by atoms with van der Waals surface area (Å²) in [5, 5.41) is 8.93. The van der Waals surface area contributed by atoms with Gasteiger partial charge in [-0.2, -0.15) is 0 Å². The first kappa shape index (κ1) is 13.7. The van der Waals surface area contributed by atoms with Crippen LogP contribution in [0.15, 0.2) is 12.1 Å². The number of hydrogen-bond donors (Lipinski definition) is 2. The van der Waals surface area contributed by atoms with E-state index >= 15 is 0 Å². The van der Waals surface area contributed by atoms with Gasteiger partial charge in [-0.25, -0.2) is 0 Å². The number of ether oxygens (including phenoxy) is 2. The summed E-state index contributed by atoms with van der Waals surface area (Å²) in [6.45, 7) is 5.15. The van der Waals surface area contributed by atoms with Crippen LogP contribution < -0.4 is 15.2 Å². The Morgan fingerprint density at radius 1 is 1.37 bits per heavy atom. The van der Waals surface area contributed by atoms with E-state index in [0.717, 1.165) is 22.6 Å². The molecule has 0 amide bonds. The molecule has 1 aliphatic rings. The Balaban J connectivity index is 2.40. The summed E-state index contributed by atoms with van der Waals surface area (Å²) in [4.78, 5) is 10.9. The van der Waals surface area contributed by atoms with Crippen LogP contribution in [-0.4, -0.2) is 30.3 Å². The van der Waals surface area contributed by atoms with Crippen LogP contribution >= 0.6 is 0 Å². The predicted octanol–water partition coefficient (Wildman–Crippen LogP) is 1.54. The summed E-state index contributed by atoms with van der Waals surface area (Å²) < 4.78 is 11.2. The molecule has 5 nitrogen and oxygen atoms in total. The zero-order valence-electron chi connectivity index (χ0n) is 11.2. The number of nitrogens with two attached hydrogens (primary N) is 1. The van der Waals surface area contributed by atoms with Crippen molar-refractivity contribution in [3.8, 4) is 11.5 Å². The van der Waals surface area contributed by atoms with Crippen LogP contribution in [0, 0.1) is 0 Å². The van der Waals surface area contributed by atoms with Crippen LogP contribution in [0.3, 0.4) is 0 Å². The first-order chi connectivity index (χ1) is 9.00. The SMILES string of the molecule is CC(C)c1c(CC(N)C(=O)O)ccc2c1OCCO2. The van der Waals surface area contributed by atoms with Crippen molar-refractivity contribution in [2.45, 2.75) is 32.2 Å². The molecule has 104 valence electrons. The van der Waals surface area contributed by atoms with Gasteiger partial charge in [0, 0.05) is 5.56 Å². The Bertz CT molecular complexity index is 485. The van der Waals surface area contributed by atoms with E-state index in [0.29, 0.717) is 19.6 Å². The highest BCUT2D eigenvalue weighted by atomic mass is 16.6. The third-order valence-electron chi connectivity index (χ3n) is 3.17. The lowest BCUT2D eigenvalue weighted by Crippen LogP contribution is -2.32. The quantitative estimate of drug-likeness (QED) is 0.863. The summed E-state index contributed by atoms with van der Waals surface area (Å²) in [7, 11) is 0. The molecule has 1 aromatic rings. The van der Waals surface area contributed by atoms with Crippen LogP contribution in [0.1, 0.15) is 30.9 Å². The minimum Gasteiger partial charge on any atom is -0.486 e. The molecule has 0 aliphatic carbocycles. The Hall–Kier alpha value is -1.75. The summed E-state index contributed by atoms with van der Waals surface area (Å²) in [5.41, 5.74) is 7.53. The average molecular weight is 265 g/mol. The predicted molar refractivity (Wildman–Crippen MR) is 70.8 cm³/mol. The van der Waals surface area contributed by atoms with E-state index < -0.39 is 12.0 Å². The highest BCUT2D eigenvalue weighted by molar-refractivity contribution is 5.73. The zero-order valence-corrected chi connectivity index (χ0v) is 11.2. The van der Waals surface area contributed by atoms with Crippen molar-refractivity contribution in [2.75, 3.05) is 13.2 Å². The van der Waals surface area contributed by atoms with E-state index in [1.165, 1.54) is 0 Å². The van der Waals surface area contributed by atoms with Gasteiger partial charge in [-0.05, 0) is 24.0 Å². The van der Waals surface area contributed by atoms with Gasteiger partial charge in [0.05, 0.1) is 0 Å². The molecule has 19 heavy (non-hydrogen) atoms. The van der Waals surface area contributed by atoms with Gasteiger partial charge in [-0.1, -0.05) is 19.9 Å². The first-order valence-electron chi connectivity index (χ1n) is 6.40. The van der Waals surface area contributed by atoms with Gasteiger partial charge >= 0.3 is 5.97 Å². The van der Waals surface area contributed by atoms with Crippen molar-refractivity contribution in [3.05, 3.63) is 23.3 Å². The van der Waals surface area contributed by atoms with Crippen LogP contribution in [0.25, 0.3) is 0 Å². The Morgan fingerprint density at radius 3 is 2.68 bits per heavy atom. The molecule has 0 bridgehead atoms. The lowest BCUT2D eigenvalue weighted by atomic mass is 9.91. The molecule has 1 aromatic carbocycles. The number of aliphatic carboxylic acids is 1. The summed E-state index contributed by atoms with van der Waals surface area (Å²) >= 11 is 0. The third-order valence-corrected chi connectivity index (χ3v) is 3.17. The molecule has 1 unspecified atom stereocenters. The maximum atomic E-state index is 10.9. The molecule has 1 atom stereocenters. The summed E-state index contributed by atoms with van der Waals surface area (Å²) in [5.74, 6) is 0.677. The normalized spacial score (nSPS) is 15.4. The Kier molecular flexibility index (Phi) is 3.95. The van der Waals surface area contributed by atoms with Crippen molar-refractivity contribution in [1.29, 1.82) is 0 Å². The minimum absolute atomic E-state index is 0.215. The number of hydrogen-bond acceptors (Lipinski definition) is 4. The highest BCUT2D eigenvalue weighted by Gasteiger charge is 2.23. The third kappa shape index (κ3) is 2.81. The van der Waals surface area contributed by atoms with Gasteiger partial charge in [-0.15, -0.1) is 0 Å². The number of carbonyl (C=O) groups is 1. The second-order valence-corrected chi connectivity index (χ2v) is 4.97. The minimum atomic E-state index is -0.996. The standard InChI is InChI=1S/C14H19NO4/c1-8(2)12-9(7-10(15)14(16)17)3-4-11-13(12)19-6-5-18-11/h3-4,8,10H,5-7,15H2,1-2H3,(H,16,17). The molecule has 0 spiro atoms. The molecule has 0 radical (unpaired) electrons. The number of rotatable bonds is 4. The molecular weight excluding hydrogens is 246 g/mol. The number of carboxylic acid groups (broad SMARTS) is 1. The van der Waals surface area contributed by atoms with Crippen molar-refractivity contribution >= 4 is 5.97 Å². The molecule has 5 heteroatoms. The summed E-state index contributed by atoms with van der Waals surface area (Å²) in [6, 6.07) is 2.80. The fraction of sp³-hybridized carbons (Fsp3) is 0.500. The van der Waals surface area contributed by atoms with Gasteiger partial charge in [0.1, 0.15) is 19.3 Å². The molecule has 0 saturated heterocycles. The van der Waals surface area contributed by atoms with Crippen LogP contribution in [0.5, 0.6) is 11.5 Å². The maximum absolute atomic E-state index is 10.9. The lowest BCUT2D eigenvalue weighted by molar-refractivity contribution is -0.138. The first-order valence-corrected chi connectivity index (χ1v) is 6.40. The fourth-order valence-electron chi connectivity index (χ4n) is 2.31. The number of benzene rings is 1. The van der Waals surface area contributed by atoms with E-state index in [9.17, 15) is 4.79 Å². The zero-order chi connectivity index (χ0) is 14.0. The lowest BCUT2D eigenvalue weighted by Gasteiger charge is -2.25. The summed E-state index contributed by atoms with van der Waals surface area (Å²) in [6.07, 6.45) is 0.291. The van der Waals surface area contributed by atoms with Crippen molar-refractivity contribution in [3.63, 3.8) is 0 Å². The van der Waals surface area contributed by atoms with E-state index in [4.69, 9.17) is 20.3 Å². The van der Waals surface area contributed by atoms with Gasteiger partial charge in [0.25, 0.3) is 0 Å². The van der Waals surface area contributed by atoms with E-state index in [-0.39, 0.29) is 5.92 Å². The largest absolute Gasteiger partial charge is 0.486 e. The molecule has 3 N–H and O–H groups in total. The number of carboxylic acids is 1. The second-order valence-electron chi connectivity index (χ2n) is 4.97. The van der Waals surface area contributed by atoms with Gasteiger partial charge in [0.15, 0.2) is 11.5 Å². The van der Waals surface area contributed by atoms with Crippen molar-refractivity contribution in [2.24, 2.45) is 5.73 Å². The van der Waals surface area contributed by atoms with Gasteiger partial charge in [-0.3, -0.25) is 4.79 Å². The van der Waals surface area contributed by atoms with Crippen molar-refractivity contribution in [1.82, 2.24) is 0 Å². The van der Waals surface area contributed by atoms with Crippen LogP contribution in [0.2, 0.25) is 0 Å². The monoisotopic (exact) mass is 265 g/mol. The topological polar surface area (TPSA) is 81.8 Å². The number of fused-ring (bicyclic) bond motifs is 1. The van der Waals surface area contributed by atoms with Crippen LogP contribution in [-0.2, 0) is 11.2 Å². The fourth-order valence-corrected chi connectivity index (χ4v) is 2.31. The molecule has 0 aromatic heterocycles. The molecule has 1 heterocycles. The smallest absolute Gasteiger partial charge is 0.320 e. The molecule has 0 fully saturated rings. The van der Waals surface area contributed by atoms with E-state index in [1.807, 2.05) is 26.0 Å². The average Bonchev–Trinajstić information content (AvgIpc) is 2.37. The molecule has 0 saturated carbocycles. The van der Waals surface area contributed by atoms with Crippen LogP contribution in [0.4, 0.5) is 0 Å². The van der Waals surface area contributed by atoms with E-state index in [2.05, 4.69) is 0 Å². The second kappa shape index (κ2) is 5.48. The van der Waals surface area contributed by atoms with Gasteiger partial charge < -0.3 is 20.3 Å². The van der Waals surface area contributed by atoms with E-state index in [1.54, 1.807) is 0 Å². The molecular formula is C14H19NO4. The van der Waals surface area contributed by atoms with Crippen molar-refractivity contribution < 1.29 is 19.4 Å². The highest BCUT2D eigenvalue weighted by Crippen LogP contribution is 2.40. The maximum Gasteiger partial charge on any atom is 0.320 e. The Morgan fingerprint density at radius 2 is 2.05 bits per heavy atom.